The normalized spacial score (nSPS) is 12.1. The van der Waals surface area contributed by atoms with E-state index in [9.17, 15) is 19.6 Å². The maximum atomic E-state index is 13.2. The quantitative estimate of drug-likeness (QED) is 0.654. The van der Waals surface area contributed by atoms with E-state index < -0.39 is 10.7 Å². The molecule has 0 heterocycles. The van der Waals surface area contributed by atoms with Crippen LogP contribution in [0.3, 0.4) is 0 Å². The van der Waals surface area contributed by atoms with E-state index in [0.717, 1.165) is 5.56 Å². The summed E-state index contributed by atoms with van der Waals surface area (Å²) in [4.78, 5) is 10.3. The summed E-state index contributed by atoms with van der Waals surface area (Å²) in [7, 11) is 0. The van der Waals surface area contributed by atoms with Crippen molar-refractivity contribution in [3.05, 3.63) is 69.5 Å². The van der Waals surface area contributed by atoms with Gasteiger partial charge in [0.25, 0.3) is 5.69 Å². The average Bonchev–Trinajstić information content (AvgIpc) is 2.47. The first-order valence-electron chi connectivity index (χ1n) is 6.42. The SMILES string of the molecule is CC(NCc1cccc([N+](=O)[O-])c1)c1cc(F)ccc1O. The minimum absolute atomic E-state index is 0.00967. The Bertz CT molecular complexity index is 661. The van der Waals surface area contributed by atoms with Gasteiger partial charge >= 0.3 is 0 Å². The summed E-state index contributed by atoms with van der Waals surface area (Å²) < 4.78 is 13.2. The number of nitrogens with one attached hydrogen (secondary N) is 1. The van der Waals surface area contributed by atoms with Crippen molar-refractivity contribution in [1.82, 2.24) is 5.32 Å². The number of hydrogen-bond donors (Lipinski definition) is 2. The lowest BCUT2D eigenvalue weighted by atomic mass is 10.1. The molecule has 0 spiro atoms. The van der Waals surface area contributed by atoms with Crippen LogP contribution < -0.4 is 5.32 Å². The van der Waals surface area contributed by atoms with Crippen molar-refractivity contribution in [1.29, 1.82) is 0 Å². The van der Waals surface area contributed by atoms with E-state index in [1.807, 2.05) is 0 Å². The van der Waals surface area contributed by atoms with E-state index in [4.69, 9.17) is 0 Å². The van der Waals surface area contributed by atoms with Gasteiger partial charge in [-0.3, -0.25) is 10.1 Å². The molecule has 6 heteroatoms. The highest BCUT2D eigenvalue weighted by Crippen LogP contribution is 2.25. The van der Waals surface area contributed by atoms with Gasteiger partial charge in [0.1, 0.15) is 11.6 Å². The Balaban J connectivity index is 2.07. The molecule has 0 radical (unpaired) electrons. The lowest BCUT2D eigenvalue weighted by Crippen LogP contribution is -2.18. The molecule has 0 amide bonds. The highest BCUT2D eigenvalue weighted by atomic mass is 19.1. The number of phenols is 1. The molecule has 0 aromatic heterocycles. The van der Waals surface area contributed by atoms with Crippen LogP contribution in [0, 0.1) is 15.9 Å². The summed E-state index contributed by atoms with van der Waals surface area (Å²) in [5, 5.41) is 23.5. The molecule has 1 atom stereocenters. The summed E-state index contributed by atoms with van der Waals surface area (Å²) in [5.41, 5.74) is 1.21. The molecular formula is C15H15FN2O3. The third-order valence-corrected chi connectivity index (χ3v) is 3.19. The van der Waals surface area contributed by atoms with Crippen molar-refractivity contribution < 1.29 is 14.4 Å². The van der Waals surface area contributed by atoms with Gasteiger partial charge in [0.05, 0.1) is 4.92 Å². The van der Waals surface area contributed by atoms with E-state index in [1.54, 1.807) is 19.1 Å². The highest BCUT2D eigenvalue weighted by molar-refractivity contribution is 5.36. The van der Waals surface area contributed by atoms with Crippen LogP contribution in [-0.2, 0) is 6.54 Å². The molecule has 0 saturated carbocycles. The Morgan fingerprint density at radius 1 is 1.33 bits per heavy atom. The van der Waals surface area contributed by atoms with Gasteiger partial charge < -0.3 is 10.4 Å². The first kappa shape index (κ1) is 14.9. The van der Waals surface area contributed by atoms with Gasteiger partial charge in [0, 0.05) is 30.3 Å². The lowest BCUT2D eigenvalue weighted by Gasteiger charge is -2.15. The van der Waals surface area contributed by atoms with Crippen molar-refractivity contribution in [2.45, 2.75) is 19.5 Å². The van der Waals surface area contributed by atoms with Crippen molar-refractivity contribution in [3.8, 4) is 5.75 Å². The molecule has 0 aliphatic heterocycles. The average molecular weight is 290 g/mol. The summed E-state index contributed by atoms with van der Waals surface area (Å²) >= 11 is 0. The molecule has 2 N–H and O–H groups in total. The second-order valence-electron chi connectivity index (χ2n) is 4.73. The Labute approximate surface area is 121 Å². The molecule has 110 valence electrons. The lowest BCUT2D eigenvalue weighted by molar-refractivity contribution is -0.384. The van der Waals surface area contributed by atoms with Gasteiger partial charge in [-0.25, -0.2) is 4.39 Å². The first-order valence-corrected chi connectivity index (χ1v) is 6.42. The van der Waals surface area contributed by atoms with E-state index in [1.165, 1.54) is 30.3 Å². The zero-order valence-corrected chi connectivity index (χ0v) is 11.4. The van der Waals surface area contributed by atoms with E-state index in [2.05, 4.69) is 5.32 Å². The molecule has 5 nitrogen and oxygen atoms in total. The predicted octanol–water partition coefficient (Wildman–Crippen LogP) is 3.29. The fourth-order valence-electron chi connectivity index (χ4n) is 2.03. The summed E-state index contributed by atoms with van der Waals surface area (Å²) in [6.45, 7) is 2.16. The summed E-state index contributed by atoms with van der Waals surface area (Å²) in [6.07, 6.45) is 0. The Kier molecular flexibility index (Phi) is 4.49. The smallest absolute Gasteiger partial charge is 0.269 e. The predicted molar refractivity (Wildman–Crippen MR) is 76.4 cm³/mol. The number of nitrogens with zero attached hydrogens (tertiary/aromatic N) is 1. The standard InChI is InChI=1S/C15H15FN2O3/c1-10(14-8-12(16)5-6-15(14)19)17-9-11-3-2-4-13(7-11)18(20)21/h2-8,10,17,19H,9H2,1H3. The maximum Gasteiger partial charge on any atom is 0.269 e. The van der Waals surface area contributed by atoms with Crippen LogP contribution in [0.25, 0.3) is 0 Å². The molecule has 2 aromatic carbocycles. The molecule has 0 aliphatic rings. The zero-order valence-electron chi connectivity index (χ0n) is 11.4. The molecule has 0 bridgehead atoms. The van der Waals surface area contributed by atoms with Gasteiger partial charge in [0.15, 0.2) is 0 Å². The number of hydrogen-bond acceptors (Lipinski definition) is 4. The number of nitro groups is 1. The highest BCUT2D eigenvalue weighted by Gasteiger charge is 2.12. The fourth-order valence-corrected chi connectivity index (χ4v) is 2.03. The number of nitro benzene ring substituents is 1. The van der Waals surface area contributed by atoms with Crippen molar-refractivity contribution in [2.75, 3.05) is 0 Å². The minimum atomic E-state index is -0.453. The summed E-state index contributed by atoms with van der Waals surface area (Å²) in [6, 6.07) is 9.73. The monoisotopic (exact) mass is 290 g/mol. The number of aromatic hydroxyl groups is 1. The molecule has 0 aliphatic carbocycles. The van der Waals surface area contributed by atoms with E-state index in [-0.39, 0.29) is 17.5 Å². The number of rotatable bonds is 5. The largest absolute Gasteiger partial charge is 0.508 e. The second kappa shape index (κ2) is 6.32. The van der Waals surface area contributed by atoms with Crippen LogP contribution >= 0.6 is 0 Å². The van der Waals surface area contributed by atoms with Crippen LogP contribution in [0.1, 0.15) is 24.1 Å². The molecule has 2 aromatic rings. The van der Waals surface area contributed by atoms with Gasteiger partial charge in [-0.05, 0) is 30.7 Å². The van der Waals surface area contributed by atoms with Crippen LogP contribution in [0.2, 0.25) is 0 Å². The van der Waals surface area contributed by atoms with Crippen molar-refractivity contribution in [3.63, 3.8) is 0 Å². The molecule has 2 rings (SSSR count). The minimum Gasteiger partial charge on any atom is -0.508 e. The Morgan fingerprint density at radius 2 is 2.10 bits per heavy atom. The summed E-state index contributed by atoms with van der Waals surface area (Å²) in [5.74, 6) is -0.415. The second-order valence-corrected chi connectivity index (χ2v) is 4.73. The molecular weight excluding hydrogens is 275 g/mol. The maximum absolute atomic E-state index is 13.2. The zero-order chi connectivity index (χ0) is 15.4. The van der Waals surface area contributed by atoms with E-state index in [0.29, 0.717) is 12.1 Å². The van der Waals surface area contributed by atoms with E-state index >= 15 is 0 Å². The Hall–Kier alpha value is -2.47. The fraction of sp³-hybridized carbons (Fsp3) is 0.200. The molecule has 0 saturated heterocycles. The first-order chi connectivity index (χ1) is 9.97. The third-order valence-electron chi connectivity index (χ3n) is 3.19. The van der Waals surface area contributed by atoms with Crippen LogP contribution in [0.15, 0.2) is 42.5 Å². The van der Waals surface area contributed by atoms with Gasteiger partial charge in [0.2, 0.25) is 0 Å². The van der Waals surface area contributed by atoms with Gasteiger partial charge in [-0.2, -0.15) is 0 Å². The van der Waals surface area contributed by atoms with Crippen LogP contribution in [0.4, 0.5) is 10.1 Å². The van der Waals surface area contributed by atoms with Crippen LogP contribution in [-0.4, -0.2) is 10.0 Å². The molecule has 1 unspecified atom stereocenters. The molecule has 0 fully saturated rings. The number of benzene rings is 2. The number of non-ortho nitro benzene ring substituents is 1. The van der Waals surface area contributed by atoms with Gasteiger partial charge in [-0.15, -0.1) is 0 Å². The Morgan fingerprint density at radius 3 is 2.81 bits per heavy atom. The van der Waals surface area contributed by atoms with Crippen LogP contribution in [0.5, 0.6) is 5.75 Å². The topological polar surface area (TPSA) is 75.4 Å². The van der Waals surface area contributed by atoms with Gasteiger partial charge in [-0.1, -0.05) is 12.1 Å². The third kappa shape index (κ3) is 3.76. The molecule has 21 heavy (non-hydrogen) atoms. The van der Waals surface area contributed by atoms with Crippen molar-refractivity contribution in [2.24, 2.45) is 0 Å². The number of phenolic OH excluding ortho intramolecular Hbond substituents is 1. The number of halogens is 1. The van der Waals surface area contributed by atoms with Crippen molar-refractivity contribution >= 4 is 5.69 Å².